The molecule has 20 heavy (non-hydrogen) atoms. The van der Waals surface area contributed by atoms with Crippen molar-refractivity contribution < 1.29 is 10.0 Å². The van der Waals surface area contributed by atoms with E-state index in [1.54, 1.807) is 6.07 Å². The largest absolute Gasteiger partial charge is 0.409 e. The smallest absolute Gasteiger partial charge is 0.234 e. The summed E-state index contributed by atoms with van der Waals surface area (Å²) in [6.45, 7) is 1.90. The predicted octanol–water partition coefficient (Wildman–Crippen LogP) is 2.89. The van der Waals surface area contributed by atoms with Gasteiger partial charge in [0.25, 0.3) is 0 Å². The lowest BCUT2D eigenvalue weighted by molar-refractivity contribution is -0.128. The van der Waals surface area contributed by atoms with E-state index >= 15 is 0 Å². The van der Waals surface area contributed by atoms with Crippen LogP contribution in [0.2, 0.25) is 4.34 Å². The molecule has 1 aromatic heterocycles. The van der Waals surface area contributed by atoms with Crippen molar-refractivity contribution in [2.24, 2.45) is 16.3 Å². The molecular formula is C13H18ClN3O2S. The van der Waals surface area contributed by atoms with E-state index < -0.39 is 5.41 Å². The molecule has 1 heterocycles. The standard InChI is InChI=1S/C13H18ClN3O2S/c1-8(9-4-5-10(14)20-9)16-12(18)13(11(15)17-19)6-2-3-7-13/h4-5,8,19H,2-3,6-7H2,1H3,(H2,15,17)(H,16,18). The topological polar surface area (TPSA) is 87.7 Å². The zero-order valence-electron chi connectivity index (χ0n) is 11.2. The van der Waals surface area contributed by atoms with Gasteiger partial charge in [-0.05, 0) is 31.9 Å². The summed E-state index contributed by atoms with van der Waals surface area (Å²) in [6.07, 6.45) is 3.05. The first-order chi connectivity index (χ1) is 9.49. The fraction of sp³-hybridized carbons (Fsp3) is 0.538. The maximum atomic E-state index is 12.5. The van der Waals surface area contributed by atoms with E-state index in [4.69, 9.17) is 22.5 Å². The predicted molar refractivity (Wildman–Crippen MR) is 80.2 cm³/mol. The van der Waals surface area contributed by atoms with Crippen molar-refractivity contribution in [2.45, 2.75) is 38.6 Å². The quantitative estimate of drug-likeness (QED) is 0.345. The maximum absolute atomic E-state index is 12.5. The first kappa shape index (κ1) is 15.1. The van der Waals surface area contributed by atoms with Crippen LogP contribution in [0.4, 0.5) is 0 Å². The van der Waals surface area contributed by atoms with Gasteiger partial charge < -0.3 is 16.3 Å². The Hall–Kier alpha value is -1.27. The molecule has 5 nitrogen and oxygen atoms in total. The highest BCUT2D eigenvalue weighted by Crippen LogP contribution is 2.39. The van der Waals surface area contributed by atoms with Crippen LogP contribution in [0, 0.1) is 5.41 Å². The third-order valence-corrected chi connectivity index (χ3v) is 5.27. The van der Waals surface area contributed by atoms with Crippen molar-refractivity contribution in [3.05, 3.63) is 21.3 Å². The normalized spacial score (nSPS) is 19.8. The van der Waals surface area contributed by atoms with Crippen molar-refractivity contribution in [2.75, 3.05) is 0 Å². The molecule has 2 rings (SSSR count). The molecule has 1 unspecified atom stereocenters. The van der Waals surface area contributed by atoms with Gasteiger partial charge in [-0.3, -0.25) is 4.79 Å². The average molecular weight is 316 g/mol. The molecule has 0 bridgehead atoms. The third kappa shape index (κ3) is 2.76. The number of nitrogens with zero attached hydrogens (tertiary/aromatic N) is 1. The van der Waals surface area contributed by atoms with Crippen LogP contribution in [-0.4, -0.2) is 17.0 Å². The van der Waals surface area contributed by atoms with Crippen LogP contribution in [0.1, 0.15) is 43.5 Å². The summed E-state index contributed by atoms with van der Waals surface area (Å²) in [5, 5.41) is 14.9. The Morgan fingerprint density at radius 1 is 1.55 bits per heavy atom. The second-order valence-corrected chi connectivity index (χ2v) is 6.86. The van der Waals surface area contributed by atoms with Crippen molar-refractivity contribution in [3.63, 3.8) is 0 Å². The molecule has 0 spiro atoms. The van der Waals surface area contributed by atoms with Gasteiger partial charge in [-0.1, -0.05) is 29.6 Å². The third-order valence-electron chi connectivity index (χ3n) is 3.86. The molecule has 1 amide bonds. The number of hydrogen-bond acceptors (Lipinski definition) is 4. The van der Waals surface area contributed by atoms with Gasteiger partial charge >= 0.3 is 0 Å². The monoisotopic (exact) mass is 315 g/mol. The Balaban J connectivity index is 2.13. The Labute approximate surface area is 126 Å². The van der Waals surface area contributed by atoms with Gasteiger partial charge in [0.1, 0.15) is 5.41 Å². The highest BCUT2D eigenvalue weighted by molar-refractivity contribution is 7.16. The van der Waals surface area contributed by atoms with E-state index in [-0.39, 0.29) is 17.8 Å². The number of amidine groups is 1. The first-order valence-corrected chi connectivity index (χ1v) is 7.73. The Morgan fingerprint density at radius 2 is 2.20 bits per heavy atom. The van der Waals surface area contributed by atoms with Crippen molar-refractivity contribution in [1.82, 2.24) is 5.32 Å². The molecule has 1 aliphatic carbocycles. The van der Waals surface area contributed by atoms with Crippen LogP contribution in [0.15, 0.2) is 17.3 Å². The number of carbonyl (C=O) groups excluding carboxylic acids is 1. The number of rotatable bonds is 4. The van der Waals surface area contributed by atoms with Crippen LogP contribution in [0.25, 0.3) is 0 Å². The molecule has 0 radical (unpaired) electrons. The minimum Gasteiger partial charge on any atom is -0.409 e. The number of hydrogen-bond donors (Lipinski definition) is 3. The lowest BCUT2D eigenvalue weighted by atomic mass is 9.83. The van der Waals surface area contributed by atoms with Gasteiger partial charge in [-0.25, -0.2) is 0 Å². The first-order valence-electron chi connectivity index (χ1n) is 6.54. The number of nitrogens with one attached hydrogen (secondary N) is 1. The zero-order chi connectivity index (χ0) is 14.8. The minimum atomic E-state index is -0.871. The second-order valence-electron chi connectivity index (χ2n) is 5.11. The highest BCUT2D eigenvalue weighted by Gasteiger charge is 2.45. The molecule has 0 aliphatic heterocycles. The number of nitrogens with two attached hydrogens (primary N) is 1. The van der Waals surface area contributed by atoms with Crippen LogP contribution >= 0.6 is 22.9 Å². The molecule has 4 N–H and O–H groups in total. The molecular weight excluding hydrogens is 298 g/mol. The SMILES string of the molecule is CC(NC(=O)C1(C(N)=NO)CCCC1)c1ccc(Cl)s1. The van der Waals surface area contributed by atoms with Gasteiger partial charge in [0.2, 0.25) is 5.91 Å². The summed E-state index contributed by atoms with van der Waals surface area (Å²) >= 11 is 7.34. The summed E-state index contributed by atoms with van der Waals surface area (Å²) in [6, 6.07) is 3.55. The number of halogens is 1. The van der Waals surface area contributed by atoms with Crippen LogP contribution in [0.3, 0.4) is 0 Å². The van der Waals surface area contributed by atoms with Crippen molar-refractivity contribution in [1.29, 1.82) is 0 Å². The number of thiophene rings is 1. The number of amides is 1. The molecule has 110 valence electrons. The summed E-state index contributed by atoms with van der Waals surface area (Å²) in [5.74, 6) is -0.175. The van der Waals surface area contributed by atoms with E-state index in [1.165, 1.54) is 11.3 Å². The van der Waals surface area contributed by atoms with Crippen LogP contribution in [0.5, 0.6) is 0 Å². The molecule has 1 fully saturated rings. The van der Waals surface area contributed by atoms with Gasteiger partial charge in [0.15, 0.2) is 5.84 Å². The maximum Gasteiger partial charge on any atom is 0.234 e. The van der Waals surface area contributed by atoms with Crippen LogP contribution in [-0.2, 0) is 4.79 Å². The molecule has 1 aliphatic rings. The lowest BCUT2D eigenvalue weighted by Crippen LogP contribution is -2.48. The average Bonchev–Trinajstić information content (AvgIpc) is 3.07. The molecule has 0 aromatic carbocycles. The minimum absolute atomic E-state index is 0.00362. The summed E-state index contributed by atoms with van der Waals surface area (Å²) in [5.41, 5.74) is 4.88. The van der Waals surface area contributed by atoms with E-state index in [9.17, 15) is 4.79 Å². The fourth-order valence-corrected chi connectivity index (χ4v) is 3.70. The van der Waals surface area contributed by atoms with E-state index in [1.807, 2.05) is 13.0 Å². The number of carbonyl (C=O) groups is 1. The van der Waals surface area contributed by atoms with Gasteiger partial charge in [0.05, 0.1) is 10.4 Å². The molecule has 1 saturated carbocycles. The highest BCUT2D eigenvalue weighted by atomic mass is 35.5. The Kier molecular flexibility index (Phi) is 4.55. The molecule has 0 saturated heterocycles. The molecule has 1 atom stereocenters. The second kappa shape index (κ2) is 6.01. The number of oxime groups is 1. The molecule has 1 aromatic rings. The fourth-order valence-electron chi connectivity index (χ4n) is 2.64. The van der Waals surface area contributed by atoms with Gasteiger partial charge in [-0.15, -0.1) is 11.3 Å². The Bertz CT molecular complexity index is 523. The van der Waals surface area contributed by atoms with Crippen molar-refractivity contribution in [3.8, 4) is 0 Å². The van der Waals surface area contributed by atoms with E-state index in [0.717, 1.165) is 17.7 Å². The van der Waals surface area contributed by atoms with E-state index in [0.29, 0.717) is 17.2 Å². The van der Waals surface area contributed by atoms with Gasteiger partial charge in [-0.2, -0.15) is 0 Å². The lowest BCUT2D eigenvalue weighted by Gasteiger charge is -2.27. The van der Waals surface area contributed by atoms with E-state index in [2.05, 4.69) is 10.5 Å². The summed E-state index contributed by atoms with van der Waals surface area (Å²) in [4.78, 5) is 13.5. The van der Waals surface area contributed by atoms with Gasteiger partial charge in [0, 0.05) is 4.88 Å². The van der Waals surface area contributed by atoms with Crippen LogP contribution < -0.4 is 11.1 Å². The molecule has 7 heteroatoms. The Morgan fingerprint density at radius 3 is 2.70 bits per heavy atom. The zero-order valence-corrected chi connectivity index (χ0v) is 12.8. The summed E-state index contributed by atoms with van der Waals surface area (Å²) < 4.78 is 0.688. The van der Waals surface area contributed by atoms with Crippen molar-refractivity contribution >= 4 is 34.7 Å². The summed E-state index contributed by atoms with van der Waals surface area (Å²) in [7, 11) is 0.